The summed E-state index contributed by atoms with van der Waals surface area (Å²) in [4.78, 5) is 27.2. The fourth-order valence-electron chi connectivity index (χ4n) is 5.75. The zero-order chi connectivity index (χ0) is 26.9. The average Bonchev–Trinajstić information content (AvgIpc) is 3.79. The Balaban J connectivity index is 1.33. The SMILES string of the molecule is CC(=O)c1ccc(C2(NC(=O)c3cc(F)cc4c3N(Cc3cccc(C(F)(F)F)c3)CC43CC3)CC2)cc1. The first-order valence-electron chi connectivity index (χ1n) is 12.7. The molecule has 0 radical (unpaired) electrons. The molecule has 0 bridgehead atoms. The molecule has 3 aliphatic rings. The lowest BCUT2D eigenvalue weighted by Gasteiger charge is -2.24. The van der Waals surface area contributed by atoms with E-state index < -0.39 is 29.0 Å². The molecule has 8 heteroatoms. The zero-order valence-corrected chi connectivity index (χ0v) is 20.8. The molecule has 1 aliphatic heterocycles. The van der Waals surface area contributed by atoms with Crippen molar-refractivity contribution in [3.63, 3.8) is 0 Å². The second kappa shape index (κ2) is 8.41. The Morgan fingerprint density at radius 2 is 1.68 bits per heavy atom. The van der Waals surface area contributed by atoms with Crippen molar-refractivity contribution in [2.45, 2.75) is 56.3 Å². The van der Waals surface area contributed by atoms with Gasteiger partial charge < -0.3 is 10.2 Å². The van der Waals surface area contributed by atoms with Gasteiger partial charge in [-0.15, -0.1) is 0 Å². The number of amides is 1. The molecule has 3 aromatic rings. The second-order valence-corrected chi connectivity index (χ2v) is 10.9. The molecule has 1 heterocycles. The number of nitrogens with zero attached hydrogens (tertiary/aromatic N) is 1. The van der Waals surface area contributed by atoms with Crippen LogP contribution < -0.4 is 10.2 Å². The van der Waals surface area contributed by atoms with Crippen LogP contribution in [0.3, 0.4) is 0 Å². The van der Waals surface area contributed by atoms with E-state index in [4.69, 9.17) is 0 Å². The Bertz CT molecular complexity index is 1450. The lowest BCUT2D eigenvalue weighted by Crippen LogP contribution is -2.36. The summed E-state index contributed by atoms with van der Waals surface area (Å²) in [6, 6.07) is 15.0. The molecule has 196 valence electrons. The highest BCUT2D eigenvalue weighted by atomic mass is 19.4. The van der Waals surface area contributed by atoms with Crippen LogP contribution in [0.15, 0.2) is 60.7 Å². The van der Waals surface area contributed by atoms with Crippen molar-refractivity contribution in [3.05, 3.63) is 99.9 Å². The Hall–Kier alpha value is -3.68. The normalized spacial score (nSPS) is 18.3. The first-order valence-corrected chi connectivity index (χ1v) is 12.7. The molecule has 0 atom stereocenters. The van der Waals surface area contributed by atoms with Crippen LogP contribution in [-0.4, -0.2) is 18.2 Å². The van der Waals surface area contributed by atoms with Crippen molar-refractivity contribution in [3.8, 4) is 0 Å². The largest absolute Gasteiger partial charge is 0.416 e. The minimum absolute atomic E-state index is 0.0457. The van der Waals surface area contributed by atoms with Crippen molar-refractivity contribution in [2.75, 3.05) is 11.4 Å². The topological polar surface area (TPSA) is 49.4 Å². The predicted octanol–water partition coefficient (Wildman–Crippen LogP) is 6.52. The minimum Gasteiger partial charge on any atom is -0.365 e. The van der Waals surface area contributed by atoms with E-state index in [9.17, 15) is 27.2 Å². The molecule has 38 heavy (non-hydrogen) atoms. The lowest BCUT2D eigenvalue weighted by molar-refractivity contribution is -0.137. The maximum atomic E-state index is 14.8. The molecular weight excluding hydrogens is 496 g/mol. The highest BCUT2D eigenvalue weighted by molar-refractivity contribution is 6.02. The van der Waals surface area contributed by atoms with Gasteiger partial charge in [0.15, 0.2) is 5.78 Å². The summed E-state index contributed by atoms with van der Waals surface area (Å²) in [5.41, 5.74) is 1.90. The summed E-state index contributed by atoms with van der Waals surface area (Å²) in [5, 5.41) is 3.10. The van der Waals surface area contributed by atoms with Gasteiger partial charge in [0.1, 0.15) is 5.82 Å². The van der Waals surface area contributed by atoms with Crippen LogP contribution in [0.4, 0.5) is 23.2 Å². The first kappa shape index (κ1) is 24.6. The number of anilines is 1. The number of fused-ring (bicyclic) bond motifs is 2. The van der Waals surface area contributed by atoms with Gasteiger partial charge in [-0.05, 0) is 73.6 Å². The fraction of sp³-hybridized carbons (Fsp3) is 0.333. The van der Waals surface area contributed by atoms with Crippen molar-refractivity contribution in [2.24, 2.45) is 0 Å². The number of hydrogen-bond acceptors (Lipinski definition) is 3. The molecule has 6 rings (SSSR count). The van der Waals surface area contributed by atoms with E-state index in [0.717, 1.165) is 36.1 Å². The second-order valence-electron chi connectivity index (χ2n) is 10.9. The standard InChI is InChI=1S/C30H26F4N2O2/c1-18(37)20-5-7-21(8-6-20)29(11-12-29)35-27(38)24-14-23(31)15-25-26(24)36(17-28(25)9-10-28)16-19-3-2-4-22(13-19)30(32,33)34/h2-8,13-15H,9-12,16-17H2,1H3,(H,35,38). The number of benzene rings is 3. The molecule has 2 fully saturated rings. The molecule has 1 amide bonds. The zero-order valence-electron chi connectivity index (χ0n) is 20.8. The van der Waals surface area contributed by atoms with E-state index >= 15 is 0 Å². The van der Waals surface area contributed by atoms with Gasteiger partial charge in [0.25, 0.3) is 5.91 Å². The molecule has 2 saturated carbocycles. The van der Waals surface area contributed by atoms with E-state index in [2.05, 4.69) is 5.32 Å². The maximum Gasteiger partial charge on any atom is 0.416 e. The van der Waals surface area contributed by atoms with Crippen LogP contribution >= 0.6 is 0 Å². The predicted molar refractivity (Wildman–Crippen MR) is 135 cm³/mol. The van der Waals surface area contributed by atoms with Crippen molar-refractivity contribution in [1.82, 2.24) is 5.32 Å². The van der Waals surface area contributed by atoms with Crippen LogP contribution in [-0.2, 0) is 23.7 Å². The average molecular weight is 523 g/mol. The molecule has 1 N–H and O–H groups in total. The van der Waals surface area contributed by atoms with E-state index in [-0.39, 0.29) is 23.3 Å². The van der Waals surface area contributed by atoms with E-state index in [1.165, 1.54) is 25.1 Å². The summed E-state index contributed by atoms with van der Waals surface area (Å²) in [6.07, 6.45) is -1.33. The quantitative estimate of drug-likeness (QED) is 0.296. The van der Waals surface area contributed by atoms with Crippen LogP contribution in [0, 0.1) is 5.82 Å². The van der Waals surface area contributed by atoms with Gasteiger partial charge in [0.05, 0.1) is 22.4 Å². The lowest BCUT2D eigenvalue weighted by atomic mass is 9.95. The molecule has 0 unspecified atom stereocenters. The number of halogens is 4. The summed E-state index contributed by atoms with van der Waals surface area (Å²) in [6.45, 7) is 2.20. The molecule has 3 aromatic carbocycles. The molecule has 0 aromatic heterocycles. The van der Waals surface area contributed by atoms with Crippen LogP contribution in [0.5, 0.6) is 0 Å². The summed E-state index contributed by atoms with van der Waals surface area (Å²) < 4.78 is 54.8. The highest BCUT2D eigenvalue weighted by Gasteiger charge is 2.53. The number of Topliss-reactive ketones (excluding diaryl/α,β-unsaturated/α-hetero) is 1. The summed E-state index contributed by atoms with van der Waals surface area (Å²) in [5.74, 6) is -0.965. The monoisotopic (exact) mass is 522 g/mol. The number of hydrogen-bond donors (Lipinski definition) is 1. The van der Waals surface area contributed by atoms with Crippen molar-refractivity contribution >= 4 is 17.4 Å². The molecule has 2 aliphatic carbocycles. The Labute approximate surface area is 217 Å². The van der Waals surface area contributed by atoms with Crippen LogP contribution in [0.2, 0.25) is 0 Å². The van der Waals surface area contributed by atoms with Gasteiger partial charge in [-0.1, -0.05) is 36.4 Å². The number of nitrogens with one attached hydrogen (secondary N) is 1. The summed E-state index contributed by atoms with van der Waals surface area (Å²) in [7, 11) is 0. The van der Waals surface area contributed by atoms with Crippen molar-refractivity contribution < 1.29 is 27.2 Å². The Kier molecular flexibility index (Phi) is 5.46. The van der Waals surface area contributed by atoms with Gasteiger partial charge in [-0.2, -0.15) is 13.2 Å². The third-order valence-corrected chi connectivity index (χ3v) is 8.13. The van der Waals surface area contributed by atoms with Crippen LogP contribution in [0.25, 0.3) is 0 Å². The summed E-state index contributed by atoms with van der Waals surface area (Å²) >= 11 is 0. The van der Waals surface area contributed by atoms with Gasteiger partial charge in [0, 0.05) is 24.1 Å². The van der Waals surface area contributed by atoms with Crippen LogP contribution in [0.1, 0.15) is 75.6 Å². The van der Waals surface area contributed by atoms with E-state index in [1.807, 2.05) is 17.0 Å². The van der Waals surface area contributed by atoms with Gasteiger partial charge in [-0.3, -0.25) is 9.59 Å². The molecule has 4 nitrogen and oxygen atoms in total. The number of carbonyl (C=O) groups is 2. The van der Waals surface area contributed by atoms with E-state index in [1.54, 1.807) is 18.2 Å². The van der Waals surface area contributed by atoms with Gasteiger partial charge >= 0.3 is 6.18 Å². The molecule has 0 saturated heterocycles. The number of rotatable bonds is 6. The Morgan fingerprint density at radius 1 is 0.974 bits per heavy atom. The molecular formula is C30H26F4N2O2. The molecule has 1 spiro atoms. The third kappa shape index (κ3) is 4.25. The highest BCUT2D eigenvalue weighted by Crippen LogP contribution is 2.58. The third-order valence-electron chi connectivity index (χ3n) is 8.13. The minimum atomic E-state index is -4.45. The number of alkyl halides is 3. The number of ketones is 1. The maximum absolute atomic E-state index is 14.8. The number of carbonyl (C=O) groups excluding carboxylic acids is 2. The van der Waals surface area contributed by atoms with Gasteiger partial charge in [-0.25, -0.2) is 4.39 Å². The Morgan fingerprint density at radius 3 is 2.29 bits per heavy atom. The van der Waals surface area contributed by atoms with Crippen molar-refractivity contribution in [1.29, 1.82) is 0 Å². The smallest absolute Gasteiger partial charge is 0.365 e. The first-order chi connectivity index (χ1) is 18.0. The van der Waals surface area contributed by atoms with E-state index in [0.29, 0.717) is 36.2 Å². The fourth-order valence-corrected chi connectivity index (χ4v) is 5.75. The van der Waals surface area contributed by atoms with Gasteiger partial charge in [0.2, 0.25) is 0 Å².